The van der Waals surface area contributed by atoms with Crippen molar-refractivity contribution in [1.29, 1.82) is 0 Å². The van der Waals surface area contributed by atoms with Crippen molar-refractivity contribution in [1.82, 2.24) is 15.1 Å². The van der Waals surface area contributed by atoms with Crippen molar-refractivity contribution in [2.45, 2.75) is 45.1 Å². The van der Waals surface area contributed by atoms with E-state index in [1.807, 2.05) is 6.07 Å². The van der Waals surface area contributed by atoms with Crippen molar-refractivity contribution < 1.29 is 9.53 Å². The number of nitrogens with two attached hydrogens (primary N) is 1. The van der Waals surface area contributed by atoms with Crippen LogP contribution in [0.1, 0.15) is 49.4 Å². The van der Waals surface area contributed by atoms with E-state index < -0.39 is 0 Å². The maximum Gasteiger partial charge on any atom is 0.255 e. The second-order valence-electron chi connectivity index (χ2n) is 8.17. The van der Waals surface area contributed by atoms with Crippen LogP contribution in [0.3, 0.4) is 0 Å². The molecule has 0 spiro atoms. The van der Waals surface area contributed by atoms with Crippen LogP contribution in [-0.2, 0) is 0 Å². The van der Waals surface area contributed by atoms with E-state index in [9.17, 15) is 4.79 Å². The summed E-state index contributed by atoms with van der Waals surface area (Å²) in [5.74, 6) is 0.446. The molecular weight excluding hydrogens is 366 g/mol. The number of hydrogen-bond donors (Lipinski definition) is 3. The zero-order valence-electron chi connectivity index (χ0n) is 18.0. The zero-order valence-corrected chi connectivity index (χ0v) is 18.0. The number of nitrogen functional groups attached to an aromatic ring is 1. The number of ether oxygens (including phenoxy) is 1. The van der Waals surface area contributed by atoms with Crippen LogP contribution in [0.15, 0.2) is 12.1 Å². The van der Waals surface area contributed by atoms with Crippen LogP contribution in [0.25, 0.3) is 0 Å². The number of likely N-dealkylation sites (tertiary alicyclic amines) is 2. The van der Waals surface area contributed by atoms with Crippen LogP contribution in [0, 0.1) is 0 Å². The van der Waals surface area contributed by atoms with Crippen molar-refractivity contribution in [2.24, 2.45) is 0 Å². The topological polar surface area (TPSA) is 82.9 Å². The molecule has 0 bridgehead atoms. The summed E-state index contributed by atoms with van der Waals surface area (Å²) in [6.07, 6.45) is 5.92. The van der Waals surface area contributed by atoms with E-state index in [1.165, 1.54) is 32.4 Å². The summed E-state index contributed by atoms with van der Waals surface area (Å²) in [4.78, 5) is 17.8. The van der Waals surface area contributed by atoms with Crippen LogP contribution < -0.4 is 21.1 Å². The van der Waals surface area contributed by atoms with Gasteiger partial charge in [-0.3, -0.25) is 4.79 Å². The van der Waals surface area contributed by atoms with Gasteiger partial charge in [-0.1, -0.05) is 13.3 Å². The largest absolute Gasteiger partial charge is 0.496 e. The van der Waals surface area contributed by atoms with E-state index >= 15 is 0 Å². The lowest BCUT2D eigenvalue weighted by atomic mass is 10.1. The summed E-state index contributed by atoms with van der Waals surface area (Å²) in [5.41, 5.74) is 8.16. The molecule has 7 heteroatoms. The zero-order chi connectivity index (χ0) is 20.6. The number of nitrogens with one attached hydrogen (secondary N) is 2. The number of benzene rings is 1. The molecule has 1 unspecified atom stereocenters. The van der Waals surface area contributed by atoms with E-state index in [0.717, 1.165) is 51.3 Å². The van der Waals surface area contributed by atoms with Crippen molar-refractivity contribution in [3.05, 3.63) is 17.7 Å². The molecule has 4 N–H and O–H groups in total. The number of hydrogen-bond acceptors (Lipinski definition) is 6. The molecule has 1 aromatic rings. The Bertz CT molecular complexity index is 675. The predicted molar refractivity (Wildman–Crippen MR) is 119 cm³/mol. The fourth-order valence-corrected chi connectivity index (χ4v) is 4.34. The van der Waals surface area contributed by atoms with Gasteiger partial charge in [0.05, 0.1) is 24.0 Å². The molecule has 3 rings (SSSR count). The molecule has 2 fully saturated rings. The minimum Gasteiger partial charge on any atom is -0.496 e. The Kier molecular flexibility index (Phi) is 8.00. The fourth-order valence-electron chi connectivity index (χ4n) is 4.34. The molecule has 1 aromatic carbocycles. The predicted octanol–water partition coefficient (Wildman–Crippen LogP) is 2.39. The van der Waals surface area contributed by atoms with Gasteiger partial charge in [0.25, 0.3) is 5.91 Å². The Balaban J connectivity index is 1.63. The van der Waals surface area contributed by atoms with Crippen LogP contribution >= 0.6 is 0 Å². The highest BCUT2D eigenvalue weighted by Crippen LogP contribution is 2.29. The lowest BCUT2D eigenvalue weighted by molar-refractivity contribution is 0.0924. The average Bonchev–Trinajstić information content (AvgIpc) is 3.14. The third-order valence-corrected chi connectivity index (χ3v) is 6.10. The molecule has 0 radical (unpaired) electrons. The van der Waals surface area contributed by atoms with E-state index in [0.29, 0.717) is 17.0 Å². The molecular formula is C22H37N5O2. The summed E-state index contributed by atoms with van der Waals surface area (Å²) in [6, 6.07) is 3.74. The molecule has 29 heavy (non-hydrogen) atoms. The first-order valence-corrected chi connectivity index (χ1v) is 11.1. The Labute approximate surface area is 174 Å². The van der Waals surface area contributed by atoms with E-state index in [2.05, 4.69) is 27.4 Å². The third-order valence-electron chi connectivity index (χ3n) is 6.10. The van der Waals surface area contributed by atoms with E-state index in [4.69, 9.17) is 10.5 Å². The van der Waals surface area contributed by atoms with Crippen molar-refractivity contribution in [3.63, 3.8) is 0 Å². The number of carbonyl (C=O) groups excluding carboxylic acids is 1. The Morgan fingerprint density at radius 2 is 1.90 bits per heavy atom. The molecule has 0 aliphatic carbocycles. The Morgan fingerprint density at radius 3 is 2.62 bits per heavy atom. The first-order valence-electron chi connectivity index (χ1n) is 11.1. The van der Waals surface area contributed by atoms with Crippen LogP contribution in [0.2, 0.25) is 0 Å². The molecule has 2 aliphatic rings. The number of amides is 1. The quantitative estimate of drug-likeness (QED) is 0.578. The van der Waals surface area contributed by atoms with Crippen molar-refractivity contribution >= 4 is 17.3 Å². The SMILES string of the molecule is CCN1CCCCC(NC(=O)c2cc(N)c(NCCN3CCCC3)cc2OC)C1. The van der Waals surface area contributed by atoms with Gasteiger partial charge in [0, 0.05) is 31.7 Å². The minimum absolute atomic E-state index is 0.111. The smallest absolute Gasteiger partial charge is 0.255 e. The summed E-state index contributed by atoms with van der Waals surface area (Å²) in [5, 5.41) is 6.60. The summed E-state index contributed by atoms with van der Waals surface area (Å²) in [6.45, 7) is 9.37. The molecule has 2 aliphatic heterocycles. The van der Waals surface area contributed by atoms with Crippen molar-refractivity contribution in [3.8, 4) is 5.75 Å². The number of rotatable bonds is 8. The highest BCUT2D eigenvalue weighted by atomic mass is 16.5. The van der Waals surface area contributed by atoms with Crippen molar-refractivity contribution in [2.75, 3.05) is 64.0 Å². The summed E-state index contributed by atoms with van der Waals surface area (Å²) in [7, 11) is 1.60. The maximum absolute atomic E-state index is 13.0. The molecule has 0 aromatic heterocycles. The molecule has 1 atom stereocenters. The Hall–Kier alpha value is -1.99. The first-order chi connectivity index (χ1) is 14.1. The number of likely N-dealkylation sites (N-methyl/N-ethyl adjacent to an activating group) is 1. The minimum atomic E-state index is -0.111. The van der Waals surface area contributed by atoms with Gasteiger partial charge in [-0.05, 0) is 57.9 Å². The molecule has 2 heterocycles. The number of anilines is 2. The molecule has 2 saturated heterocycles. The number of carbonyl (C=O) groups is 1. The summed E-state index contributed by atoms with van der Waals surface area (Å²) < 4.78 is 5.52. The van der Waals surface area contributed by atoms with Gasteiger partial charge >= 0.3 is 0 Å². The van der Waals surface area contributed by atoms with E-state index in [1.54, 1.807) is 13.2 Å². The summed E-state index contributed by atoms with van der Waals surface area (Å²) >= 11 is 0. The second kappa shape index (κ2) is 10.7. The lowest BCUT2D eigenvalue weighted by Crippen LogP contribution is -2.42. The van der Waals surface area contributed by atoms with Gasteiger partial charge in [-0.2, -0.15) is 0 Å². The first kappa shape index (κ1) is 21.7. The molecule has 1 amide bonds. The van der Waals surface area contributed by atoms with Gasteiger partial charge in [0.1, 0.15) is 5.75 Å². The fraction of sp³-hybridized carbons (Fsp3) is 0.682. The Morgan fingerprint density at radius 1 is 1.17 bits per heavy atom. The van der Waals surface area contributed by atoms with Crippen LogP contribution in [-0.4, -0.2) is 74.7 Å². The van der Waals surface area contributed by atoms with Gasteiger partial charge in [0.15, 0.2) is 0 Å². The lowest BCUT2D eigenvalue weighted by Gasteiger charge is -2.24. The molecule has 0 saturated carbocycles. The van der Waals surface area contributed by atoms with Gasteiger partial charge in [-0.25, -0.2) is 0 Å². The number of nitrogens with zero attached hydrogens (tertiary/aromatic N) is 2. The standard InChI is InChI=1S/C22H37N5O2/c1-3-26-10-5-4-8-17(16-26)25-22(28)18-14-19(23)20(15-21(18)29-2)24-9-13-27-11-6-7-12-27/h14-15,17,24H,3-13,16,23H2,1-2H3,(H,25,28). The third kappa shape index (κ3) is 6.00. The highest BCUT2D eigenvalue weighted by molar-refractivity contribution is 5.99. The monoisotopic (exact) mass is 403 g/mol. The van der Waals surface area contributed by atoms with Crippen LogP contribution in [0.5, 0.6) is 5.75 Å². The molecule has 162 valence electrons. The second-order valence-corrected chi connectivity index (χ2v) is 8.17. The maximum atomic E-state index is 13.0. The normalized spacial score (nSPS) is 21.0. The van der Waals surface area contributed by atoms with Gasteiger partial charge in [0.2, 0.25) is 0 Å². The molecule has 7 nitrogen and oxygen atoms in total. The van der Waals surface area contributed by atoms with E-state index in [-0.39, 0.29) is 11.9 Å². The number of methoxy groups -OCH3 is 1. The van der Waals surface area contributed by atoms with Gasteiger partial charge in [-0.15, -0.1) is 0 Å². The van der Waals surface area contributed by atoms with Crippen LogP contribution in [0.4, 0.5) is 11.4 Å². The average molecular weight is 404 g/mol. The highest BCUT2D eigenvalue weighted by Gasteiger charge is 2.22. The van der Waals surface area contributed by atoms with Gasteiger partial charge < -0.3 is 30.9 Å².